The second-order valence-corrected chi connectivity index (χ2v) is 6.33. The van der Waals surface area contributed by atoms with Gasteiger partial charge in [0.15, 0.2) is 5.75 Å². The number of benzene rings is 3. The number of hydrogen-bond donors (Lipinski definition) is 2. The van der Waals surface area contributed by atoms with Gasteiger partial charge in [-0.2, -0.15) is 0 Å². The number of halogens is 1. The lowest BCUT2D eigenvalue weighted by molar-refractivity contribution is -0.126. The van der Waals surface area contributed by atoms with Gasteiger partial charge in [-0.25, -0.2) is 4.39 Å². The molecule has 0 saturated carbocycles. The minimum Gasteiger partial charge on any atom is -0.455 e. The lowest BCUT2D eigenvalue weighted by Gasteiger charge is -2.12. The normalized spacial score (nSPS) is 10.2. The summed E-state index contributed by atoms with van der Waals surface area (Å²) in [5.41, 5.74) is 0.991. The molecule has 0 atom stereocenters. The lowest BCUT2D eigenvalue weighted by atomic mass is 10.1. The maximum absolute atomic E-state index is 13.6. The van der Waals surface area contributed by atoms with E-state index < -0.39 is 11.8 Å². The summed E-state index contributed by atoms with van der Waals surface area (Å²) >= 11 is 0. The molecule has 0 fully saturated rings. The smallest absolute Gasteiger partial charge is 0.233 e. The minimum atomic E-state index is -0.461. The van der Waals surface area contributed by atoms with E-state index in [0.717, 1.165) is 0 Å². The quantitative estimate of drug-likeness (QED) is 0.562. The zero-order valence-corrected chi connectivity index (χ0v) is 15.7. The van der Waals surface area contributed by atoms with Gasteiger partial charge in [0.05, 0.1) is 5.69 Å². The van der Waals surface area contributed by atoms with E-state index in [2.05, 4.69) is 10.6 Å². The highest BCUT2D eigenvalue weighted by Crippen LogP contribution is 2.29. The fourth-order valence-electron chi connectivity index (χ4n) is 2.71. The van der Waals surface area contributed by atoms with Crippen molar-refractivity contribution in [1.82, 2.24) is 5.32 Å². The van der Waals surface area contributed by atoms with Crippen LogP contribution >= 0.6 is 0 Å². The number of hydrogen-bond acceptors (Lipinski definition) is 3. The van der Waals surface area contributed by atoms with E-state index in [-0.39, 0.29) is 18.8 Å². The zero-order valence-electron chi connectivity index (χ0n) is 15.7. The molecule has 0 bridgehead atoms. The third-order valence-electron chi connectivity index (χ3n) is 4.13. The van der Waals surface area contributed by atoms with Crippen molar-refractivity contribution in [3.63, 3.8) is 0 Å². The Kier molecular flexibility index (Phi) is 6.95. The van der Waals surface area contributed by atoms with Crippen LogP contribution in [-0.4, -0.2) is 18.4 Å². The minimum absolute atomic E-state index is 0.251. The average molecular weight is 392 g/mol. The van der Waals surface area contributed by atoms with Crippen LogP contribution in [0.1, 0.15) is 12.0 Å². The Labute approximate surface area is 168 Å². The second kappa shape index (κ2) is 10.0. The largest absolute Gasteiger partial charge is 0.455 e. The third kappa shape index (κ3) is 6.17. The van der Waals surface area contributed by atoms with Crippen molar-refractivity contribution >= 4 is 17.5 Å². The van der Waals surface area contributed by atoms with E-state index in [0.29, 0.717) is 29.2 Å². The van der Waals surface area contributed by atoms with Gasteiger partial charge < -0.3 is 15.4 Å². The first-order chi connectivity index (χ1) is 14.1. The molecule has 6 heteroatoms. The van der Waals surface area contributed by atoms with Crippen molar-refractivity contribution in [2.75, 3.05) is 11.9 Å². The molecule has 0 spiro atoms. The van der Waals surface area contributed by atoms with Crippen LogP contribution in [0, 0.1) is 5.82 Å². The highest BCUT2D eigenvalue weighted by Gasteiger charge is 2.12. The lowest BCUT2D eigenvalue weighted by Crippen LogP contribution is -2.29. The predicted octanol–water partition coefficient (Wildman–Crippen LogP) is 4.31. The summed E-state index contributed by atoms with van der Waals surface area (Å²) in [4.78, 5) is 24.2. The molecule has 0 radical (unpaired) electrons. The van der Waals surface area contributed by atoms with Crippen molar-refractivity contribution in [2.45, 2.75) is 12.8 Å². The number of carbonyl (C=O) groups excluding carboxylic acids is 2. The summed E-state index contributed by atoms with van der Waals surface area (Å²) in [6, 6.07) is 22.6. The van der Waals surface area contributed by atoms with E-state index in [1.54, 1.807) is 42.5 Å². The number of para-hydroxylation sites is 3. The fraction of sp³-hybridized carbons (Fsp3) is 0.130. The van der Waals surface area contributed by atoms with Crippen molar-refractivity contribution in [3.8, 4) is 11.5 Å². The van der Waals surface area contributed by atoms with Gasteiger partial charge in [-0.05, 0) is 42.3 Å². The molecule has 0 heterocycles. The molecule has 29 heavy (non-hydrogen) atoms. The number of rotatable bonds is 8. The molecular weight excluding hydrogens is 371 g/mol. The first-order valence-corrected chi connectivity index (χ1v) is 9.24. The summed E-state index contributed by atoms with van der Waals surface area (Å²) in [7, 11) is 0. The van der Waals surface area contributed by atoms with E-state index in [9.17, 15) is 14.0 Å². The highest BCUT2D eigenvalue weighted by molar-refractivity contribution is 6.04. The first kappa shape index (κ1) is 20.1. The molecule has 2 N–H and O–H groups in total. The molecule has 0 aliphatic heterocycles. The van der Waals surface area contributed by atoms with Crippen LogP contribution in [-0.2, 0) is 16.0 Å². The SMILES string of the molecule is O=C(CC(=O)Nc1ccccc1Oc1ccccc1)NCCc1ccccc1F. The summed E-state index contributed by atoms with van der Waals surface area (Å²) in [5, 5.41) is 5.33. The molecule has 0 aliphatic carbocycles. The first-order valence-electron chi connectivity index (χ1n) is 9.24. The number of ether oxygens (including phenoxy) is 1. The fourth-order valence-corrected chi connectivity index (χ4v) is 2.71. The Morgan fingerprint density at radius 2 is 1.52 bits per heavy atom. The van der Waals surface area contributed by atoms with Crippen LogP contribution in [0.5, 0.6) is 11.5 Å². The van der Waals surface area contributed by atoms with Crippen LogP contribution in [0.2, 0.25) is 0 Å². The number of nitrogens with one attached hydrogen (secondary N) is 2. The van der Waals surface area contributed by atoms with Gasteiger partial charge in [0.2, 0.25) is 11.8 Å². The van der Waals surface area contributed by atoms with Gasteiger partial charge >= 0.3 is 0 Å². The summed E-state index contributed by atoms with van der Waals surface area (Å²) in [5.74, 6) is -0.0839. The van der Waals surface area contributed by atoms with Gasteiger partial charge in [-0.15, -0.1) is 0 Å². The summed E-state index contributed by atoms with van der Waals surface area (Å²) in [6.07, 6.45) is 0.0186. The Balaban J connectivity index is 1.50. The number of anilines is 1. The molecule has 0 unspecified atom stereocenters. The molecule has 2 amide bonds. The molecule has 5 nitrogen and oxygen atoms in total. The molecule has 3 aromatic carbocycles. The Hall–Kier alpha value is -3.67. The average Bonchev–Trinajstić information content (AvgIpc) is 2.71. The van der Waals surface area contributed by atoms with Gasteiger partial charge in [0.25, 0.3) is 0 Å². The predicted molar refractivity (Wildman–Crippen MR) is 109 cm³/mol. The van der Waals surface area contributed by atoms with Crippen LogP contribution in [0.4, 0.5) is 10.1 Å². The third-order valence-corrected chi connectivity index (χ3v) is 4.13. The maximum atomic E-state index is 13.6. The second-order valence-electron chi connectivity index (χ2n) is 6.33. The number of carbonyl (C=O) groups is 2. The Morgan fingerprint density at radius 1 is 0.828 bits per heavy atom. The molecule has 148 valence electrons. The molecule has 0 aliphatic rings. The van der Waals surface area contributed by atoms with E-state index in [1.807, 2.05) is 30.3 Å². The molecule has 3 aromatic rings. The van der Waals surface area contributed by atoms with Gasteiger partial charge in [0, 0.05) is 6.54 Å². The molecule has 3 rings (SSSR count). The van der Waals surface area contributed by atoms with Crippen LogP contribution in [0.15, 0.2) is 78.9 Å². The van der Waals surface area contributed by atoms with Crippen LogP contribution < -0.4 is 15.4 Å². The van der Waals surface area contributed by atoms with Gasteiger partial charge in [-0.1, -0.05) is 48.5 Å². The van der Waals surface area contributed by atoms with Gasteiger partial charge in [0.1, 0.15) is 18.0 Å². The highest BCUT2D eigenvalue weighted by atomic mass is 19.1. The van der Waals surface area contributed by atoms with E-state index >= 15 is 0 Å². The zero-order chi connectivity index (χ0) is 20.5. The Morgan fingerprint density at radius 3 is 2.31 bits per heavy atom. The van der Waals surface area contributed by atoms with Crippen molar-refractivity contribution in [2.24, 2.45) is 0 Å². The van der Waals surface area contributed by atoms with Crippen molar-refractivity contribution in [1.29, 1.82) is 0 Å². The number of amides is 2. The molecule has 0 aromatic heterocycles. The summed E-state index contributed by atoms with van der Waals surface area (Å²) in [6.45, 7) is 0.251. The maximum Gasteiger partial charge on any atom is 0.233 e. The van der Waals surface area contributed by atoms with Crippen molar-refractivity contribution in [3.05, 3.63) is 90.2 Å². The topological polar surface area (TPSA) is 67.4 Å². The van der Waals surface area contributed by atoms with Gasteiger partial charge in [-0.3, -0.25) is 9.59 Å². The molecule has 0 saturated heterocycles. The monoisotopic (exact) mass is 392 g/mol. The van der Waals surface area contributed by atoms with E-state index in [4.69, 9.17) is 4.74 Å². The van der Waals surface area contributed by atoms with E-state index in [1.165, 1.54) is 6.07 Å². The standard InChI is InChI=1S/C23H21FN2O3/c24-19-11-5-4-8-17(19)14-15-25-22(27)16-23(28)26-20-12-6-7-13-21(20)29-18-9-2-1-3-10-18/h1-13H,14-16H2,(H,25,27)(H,26,28). The van der Waals surface area contributed by atoms with Crippen LogP contribution in [0.3, 0.4) is 0 Å². The molecular formula is C23H21FN2O3. The Bertz CT molecular complexity index is 977. The summed E-state index contributed by atoms with van der Waals surface area (Å²) < 4.78 is 19.4. The van der Waals surface area contributed by atoms with Crippen molar-refractivity contribution < 1.29 is 18.7 Å². The van der Waals surface area contributed by atoms with Crippen LogP contribution in [0.25, 0.3) is 0 Å².